The molecule has 0 spiro atoms. The van der Waals surface area contributed by atoms with Crippen molar-refractivity contribution in [3.63, 3.8) is 0 Å². The van der Waals surface area contributed by atoms with E-state index in [2.05, 4.69) is 35.5 Å². The van der Waals surface area contributed by atoms with Crippen LogP contribution in [0.1, 0.15) is 58.7 Å². The molecule has 0 aliphatic rings. The van der Waals surface area contributed by atoms with Crippen LogP contribution in [0.2, 0.25) is 0 Å². The number of rotatable bonds is 8. The number of aryl methyl sites for hydroxylation is 1. The number of H-pyrrole nitrogens is 1. The lowest BCUT2D eigenvalue weighted by atomic mass is 9.99. The molecule has 1 atom stereocenters. The predicted octanol–water partition coefficient (Wildman–Crippen LogP) is 4.11. The minimum Gasteiger partial charge on any atom is -0.304 e. The Morgan fingerprint density at radius 2 is 2.06 bits per heavy atom. The average Bonchev–Trinajstić information content (AvgIpc) is 2.67. The summed E-state index contributed by atoms with van der Waals surface area (Å²) in [5.41, 5.74) is 0. The first-order valence-corrected chi connectivity index (χ1v) is 7.27. The Kier molecular flexibility index (Phi) is 6.48. The lowest BCUT2D eigenvalue weighted by Crippen LogP contribution is -2.13. The molecule has 0 aliphatic carbocycles. The van der Waals surface area contributed by atoms with Crippen molar-refractivity contribution in [2.45, 2.75) is 65.8 Å². The molecule has 1 aromatic rings. The lowest BCUT2D eigenvalue weighted by molar-refractivity contribution is 0.382. The van der Waals surface area contributed by atoms with E-state index >= 15 is 0 Å². The van der Waals surface area contributed by atoms with Gasteiger partial charge < -0.3 is 4.57 Å². The molecule has 1 unspecified atom stereocenters. The summed E-state index contributed by atoms with van der Waals surface area (Å²) in [6, 6.07) is 0. The molecule has 1 heterocycles. The second kappa shape index (κ2) is 7.64. The van der Waals surface area contributed by atoms with Gasteiger partial charge in [0.05, 0.1) is 0 Å². The quantitative estimate of drug-likeness (QED) is 0.709. The minimum atomic E-state index is 0.731. The van der Waals surface area contributed by atoms with Crippen LogP contribution >= 0.6 is 12.2 Å². The average molecular weight is 255 g/mol. The van der Waals surface area contributed by atoms with Gasteiger partial charge >= 0.3 is 0 Å². The Balaban J connectivity index is 2.70. The maximum atomic E-state index is 5.31. The molecule has 98 valence electrons. The van der Waals surface area contributed by atoms with E-state index < -0.39 is 0 Å². The molecule has 0 saturated heterocycles. The van der Waals surface area contributed by atoms with Gasteiger partial charge in [0.1, 0.15) is 5.82 Å². The van der Waals surface area contributed by atoms with E-state index in [-0.39, 0.29) is 0 Å². The predicted molar refractivity (Wildman–Crippen MR) is 74.7 cm³/mol. The summed E-state index contributed by atoms with van der Waals surface area (Å²) >= 11 is 5.31. The molecular formula is C13H25N3S. The summed E-state index contributed by atoms with van der Waals surface area (Å²) < 4.78 is 2.98. The van der Waals surface area contributed by atoms with Crippen LogP contribution in [0.15, 0.2) is 0 Å². The highest BCUT2D eigenvalue weighted by atomic mass is 32.1. The molecule has 4 heteroatoms. The first-order valence-electron chi connectivity index (χ1n) is 6.86. The van der Waals surface area contributed by atoms with Gasteiger partial charge in [-0.05, 0) is 31.0 Å². The molecular weight excluding hydrogens is 230 g/mol. The smallest absolute Gasteiger partial charge is 0.195 e. The van der Waals surface area contributed by atoms with Gasteiger partial charge in [-0.3, -0.25) is 5.10 Å². The monoisotopic (exact) mass is 255 g/mol. The van der Waals surface area contributed by atoms with Gasteiger partial charge in [0.25, 0.3) is 0 Å². The van der Waals surface area contributed by atoms with E-state index in [9.17, 15) is 0 Å². The first-order chi connectivity index (χ1) is 8.22. The van der Waals surface area contributed by atoms with E-state index in [1.807, 2.05) is 0 Å². The van der Waals surface area contributed by atoms with Crippen molar-refractivity contribution in [2.24, 2.45) is 5.92 Å². The van der Waals surface area contributed by atoms with Crippen molar-refractivity contribution in [1.29, 1.82) is 0 Å². The van der Waals surface area contributed by atoms with Crippen LogP contribution in [-0.2, 0) is 13.0 Å². The standard InChI is InChI=1S/C13H25N3S/c1-4-7-9-11(6-3)10-16-12(8-5-2)14-15-13(16)17/h11H,4-10H2,1-3H3,(H,15,17). The summed E-state index contributed by atoms with van der Waals surface area (Å²) in [4.78, 5) is 0. The molecule has 0 aliphatic heterocycles. The molecule has 0 radical (unpaired) electrons. The minimum absolute atomic E-state index is 0.731. The van der Waals surface area contributed by atoms with Gasteiger partial charge in [0, 0.05) is 13.0 Å². The van der Waals surface area contributed by atoms with Crippen LogP contribution in [0.4, 0.5) is 0 Å². The second-order valence-corrected chi connectivity index (χ2v) is 5.11. The number of nitrogens with one attached hydrogen (secondary N) is 1. The van der Waals surface area contributed by atoms with E-state index in [0.717, 1.165) is 35.9 Å². The highest BCUT2D eigenvalue weighted by Crippen LogP contribution is 2.16. The summed E-state index contributed by atoms with van der Waals surface area (Å²) in [5, 5.41) is 7.24. The zero-order valence-corrected chi connectivity index (χ0v) is 12.1. The summed E-state index contributed by atoms with van der Waals surface area (Å²) in [6.07, 6.45) is 7.23. The summed E-state index contributed by atoms with van der Waals surface area (Å²) in [6.45, 7) is 7.72. The largest absolute Gasteiger partial charge is 0.304 e. The molecule has 3 nitrogen and oxygen atoms in total. The number of nitrogens with zero attached hydrogens (tertiary/aromatic N) is 2. The summed E-state index contributed by atoms with van der Waals surface area (Å²) in [5.74, 6) is 1.85. The third-order valence-electron chi connectivity index (χ3n) is 3.29. The molecule has 0 fully saturated rings. The van der Waals surface area contributed by atoms with Crippen LogP contribution in [0, 0.1) is 10.7 Å². The maximum Gasteiger partial charge on any atom is 0.195 e. The highest BCUT2D eigenvalue weighted by molar-refractivity contribution is 7.71. The van der Waals surface area contributed by atoms with Crippen molar-refractivity contribution in [2.75, 3.05) is 0 Å². The van der Waals surface area contributed by atoms with Crippen molar-refractivity contribution in [1.82, 2.24) is 14.8 Å². The number of aromatic amines is 1. The number of hydrogen-bond donors (Lipinski definition) is 1. The van der Waals surface area contributed by atoms with Crippen LogP contribution in [0.3, 0.4) is 0 Å². The topological polar surface area (TPSA) is 33.6 Å². The van der Waals surface area contributed by atoms with Gasteiger partial charge in [-0.25, -0.2) is 0 Å². The lowest BCUT2D eigenvalue weighted by Gasteiger charge is -2.16. The zero-order chi connectivity index (χ0) is 12.7. The highest BCUT2D eigenvalue weighted by Gasteiger charge is 2.11. The molecule has 1 aromatic heterocycles. The van der Waals surface area contributed by atoms with E-state index in [0.29, 0.717) is 0 Å². The van der Waals surface area contributed by atoms with Gasteiger partial charge in [-0.15, -0.1) is 0 Å². The zero-order valence-electron chi connectivity index (χ0n) is 11.3. The van der Waals surface area contributed by atoms with Gasteiger partial charge in [0.2, 0.25) is 0 Å². The molecule has 0 amide bonds. The van der Waals surface area contributed by atoms with Crippen LogP contribution < -0.4 is 0 Å². The van der Waals surface area contributed by atoms with Crippen molar-refractivity contribution < 1.29 is 0 Å². The van der Waals surface area contributed by atoms with E-state index in [4.69, 9.17) is 12.2 Å². The van der Waals surface area contributed by atoms with E-state index in [1.165, 1.54) is 25.7 Å². The molecule has 1 rings (SSSR count). The summed E-state index contributed by atoms with van der Waals surface area (Å²) in [7, 11) is 0. The Hall–Kier alpha value is -0.640. The maximum absolute atomic E-state index is 5.31. The van der Waals surface area contributed by atoms with Gasteiger partial charge in [-0.1, -0.05) is 40.0 Å². The fourth-order valence-corrected chi connectivity index (χ4v) is 2.35. The van der Waals surface area contributed by atoms with Crippen molar-refractivity contribution in [3.8, 4) is 0 Å². The van der Waals surface area contributed by atoms with Crippen LogP contribution in [0.5, 0.6) is 0 Å². The number of unbranched alkanes of at least 4 members (excludes halogenated alkanes) is 1. The molecule has 0 saturated carbocycles. The molecule has 0 bridgehead atoms. The third kappa shape index (κ3) is 4.26. The third-order valence-corrected chi connectivity index (χ3v) is 3.61. The fourth-order valence-electron chi connectivity index (χ4n) is 2.13. The van der Waals surface area contributed by atoms with Crippen LogP contribution in [0.25, 0.3) is 0 Å². The Morgan fingerprint density at radius 3 is 2.65 bits per heavy atom. The number of hydrogen-bond acceptors (Lipinski definition) is 2. The molecule has 1 N–H and O–H groups in total. The second-order valence-electron chi connectivity index (χ2n) is 4.72. The van der Waals surface area contributed by atoms with Gasteiger partial charge in [-0.2, -0.15) is 5.10 Å². The fraction of sp³-hybridized carbons (Fsp3) is 0.846. The van der Waals surface area contributed by atoms with Gasteiger partial charge in [0.15, 0.2) is 4.77 Å². The Labute approximate surface area is 110 Å². The SMILES string of the molecule is CCCCC(CC)Cn1c(CCC)n[nH]c1=S. The first kappa shape index (κ1) is 14.4. The van der Waals surface area contributed by atoms with Crippen molar-refractivity contribution >= 4 is 12.2 Å². The Morgan fingerprint density at radius 1 is 1.29 bits per heavy atom. The number of aromatic nitrogens is 3. The Bertz CT molecular complexity index is 367. The van der Waals surface area contributed by atoms with E-state index in [1.54, 1.807) is 0 Å². The molecule has 0 aromatic carbocycles. The van der Waals surface area contributed by atoms with Crippen molar-refractivity contribution in [3.05, 3.63) is 10.6 Å². The molecule has 17 heavy (non-hydrogen) atoms. The van der Waals surface area contributed by atoms with Crippen LogP contribution in [-0.4, -0.2) is 14.8 Å². The normalized spacial score (nSPS) is 12.9.